The molecular formula is C14H18F3NO2. The number of hydrogen-bond acceptors (Lipinski definition) is 3. The van der Waals surface area contributed by atoms with Crippen LogP contribution in [0.15, 0.2) is 18.2 Å². The standard InChI is InChI=1S/C14H18F3NO2/c1-8(14(15,16)17)20-12-6-4-9-3-5-10(19-2)7-11(9)13(12)18/h3,5,7-8,12-13H,4,6,18H2,1-2H3. The van der Waals surface area contributed by atoms with Crippen molar-refractivity contribution >= 4 is 0 Å². The van der Waals surface area contributed by atoms with Gasteiger partial charge in [0.15, 0.2) is 6.10 Å². The topological polar surface area (TPSA) is 44.5 Å². The summed E-state index contributed by atoms with van der Waals surface area (Å²) in [7, 11) is 1.54. The maximum atomic E-state index is 12.6. The Bertz CT molecular complexity index is 476. The van der Waals surface area contributed by atoms with Gasteiger partial charge in [0.25, 0.3) is 0 Å². The van der Waals surface area contributed by atoms with Crippen LogP contribution in [0.25, 0.3) is 0 Å². The van der Waals surface area contributed by atoms with Crippen molar-refractivity contribution in [1.82, 2.24) is 0 Å². The van der Waals surface area contributed by atoms with Gasteiger partial charge in [0.05, 0.1) is 19.3 Å². The molecule has 1 aliphatic rings. The molecule has 0 saturated carbocycles. The van der Waals surface area contributed by atoms with Crippen LogP contribution in [0, 0.1) is 0 Å². The summed E-state index contributed by atoms with van der Waals surface area (Å²) in [6.07, 6.45) is -5.67. The first-order valence-corrected chi connectivity index (χ1v) is 6.47. The summed E-state index contributed by atoms with van der Waals surface area (Å²) in [4.78, 5) is 0. The molecule has 2 rings (SSSR count). The molecular weight excluding hydrogens is 271 g/mol. The number of hydrogen-bond donors (Lipinski definition) is 1. The molecule has 1 aromatic rings. The summed E-state index contributed by atoms with van der Waals surface area (Å²) in [6.45, 7) is 1.01. The van der Waals surface area contributed by atoms with Gasteiger partial charge in [0.2, 0.25) is 0 Å². The van der Waals surface area contributed by atoms with Gasteiger partial charge in [-0.25, -0.2) is 0 Å². The van der Waals surface area contributed by atoms with E-state index in [0.29, 0.717) is 18.6 Å². The number of rotatable bonds is 3. The average Bonchev–Trinajstić information content (AvgIpc) is 2.40. The van der Waals surface area contributed by atoms with Crippen LogP contribution in [-0.4, -0.2) is 25.5 Å². The largest absolute Gasteiger partial charge is 0.497 e. The minimum atomic E-state index is -4.37. The molecule has 0 aromatic heterocycles. The zero-order valence-corrected chi connectivity index (χ0v) is 11.4. The molecule has 112 valence electrons. The fourth-order valence-corrected chi connectivity index (χ4v) is 2.41. The SMILES string of the molecule is COc1ccc2c(c1)C(N)C(OC(C)C(F)(F)F)CC2. The van der Waals surface area contributed by atoms with Crippen molar-refractivity contribution in [3.63, 3.8) is 0 Å². The minimum absolute atomic E-state index is 0.487. The number of nitrogens with two attached hydrogens (primary N) is 1. The smallest absolute Gasteiger partial charge is 0.414 e. The fourth-order valence-electron chi connectivity index (χ4n) is 2.41. The lowest BCUT2D eigenvalue weighted by atomic mass is 9.86. The zero-order chi connectivity index (χ0) is 14.9. The monoisotopic (exact) mass is 289 g/mol. The minimum Gasteiger partial charge on any atom is -0.497 e. The van der Waals surface area contributed by atoms with Crippen molar-refractivity contribution in [3.8, 4) is 5.75 Å². The summed E-state index contributed by atoms with van der Waals surface area (Å²) in [5.41, 5.74) is 7.90. The lowest BCUT2D eigenvalue weighted by Crippen LogP contribution is -2.40. The first kappa shape index (κ1) is 15.1. The molecule has 2 N–H and O–H groups in total. The highest BCUT2D eigenvalue weighted by Gasteiger charge is 2.40. The van der Waals surface area contributed by atoms with Crippen LogP contribution in [0.5, 0.6) is 5.75 Å². The Morgan fingerprint density at radius 3 is 2.65 bits per heavy atom. The molecule has 0 spiro atoms. The molecule has 6 heteroatoms. The first-order valence-electron chi connectivity index (χ1n) is 6.47. The Morgan fingerprint density at radius 2 is 2.05 bits per heavy atom. The maximum Gasteiger partial charge on any atom is 0.414 e. The van der Waals surface area contributed by atoms with Crippen molar-refractivity contribution in [2.75, 3.05) is 7.11 Å². The van der Waals surface area contributed by atoms with Crippen LogP contribution in [0.3, 0.4) is 0 Å². The third-order valence-electron chi connectivity index (χ3n) is 3.65. The van der Waals surface area contributed by atoms with E-state index in [1.165, 1.54) is 7.11 Å². The Labute approximate surface area is 115 Å². The lowest BCUT2D eigenvalue weighted by Gasteiger charge is -2.33. The van der Waals surface area contributed by atoms with Crippen LogP contribution in [0.4, 0.5) is 13.2 Å². The number of fused-ring (bicyclic) bond motifs is 1. The summed E-state index contributed by atoms with van der Waals surface area (Å²) < 4.78 is 47.9. The molecule has 0 aliphatic heterocycles. The highest BCUT2D eigenvalue weighted by molar-refractivity contribution is 5.39. The number of alkyl halides is 3. The van der Waals surface area contributed by atoms with Crippen LogP contribution in [0.1, 0.15) is 30.5 Å². The number of methoxy groups -OCH3 is 1. The molecule has 3 atom stereocenters. The van der Waals surface area contributed by atoms with E-state index in [0.717, 1.165) is 18.1 Å². The Morgan fingerprint density at radius 1 is 1.35 bits per heavy atom. The van der Waals surface area contributed by atoms with Gasteiger partial charge in [-0.15, -0.1) is 0 Å². The van der Waals surface area contributed by atoms with Gasteiger partial charge in [0.1, 0.15) is 5.75 Å². The molecule has 0 heterocycles. The van der Waals surface area contributed by atoms with Crippen LogP contribution in [0.2, 0.25) is 0 Å². The number of benzene rings is 1. The lowest BCUT2D eigenvalue weighted by molar-refractivity contribution is -0.230. The quantitative estimate of drug-likeness (QED) is 0.930. The van der Waals surface area contributed by atoms with E-state index in [1.54, 1.807) is 6.07 Å². The van der Waals surface area contributed by atoms with E-state index in [2.05, 4.69) is 0 Å². The maximum absolute atomic E-state index is 12.6. The third kappa shape index (κ3) is 3.07. The fraction of sp³-hybridized carbons (Fsp3) is 0.571. The molecule has 0 bridgehead atoms. The number of aryl methyl sites for hydroxylation is 1. The van der Waals surface area contributed by atoms with E-state index in [-0.39, 0.29) is 0 Å². The first-order chi connectivity index (χ1) is 9.32. The van der Waals surface area contributed by atoms with Crippen LogP contribution >= 0.6 is 0 Å². The second-order valence-corrected chi connectivity index (χ2v) is 4.99. The molecule has 0 amide bonds. The molecule has 0 fully saturated rings. The summed E-state index contributed by atoms with van der Waals surface area (Å²) in [5.74, 6) is 0.642. The summed E-state index contributed by atoms with van der Waals surface area (Å²) in [5, 5.41) is 0. The van der Waals surface area contributed by atoms with Gasteiger partial charge >= 0.3 is 6.18 Å². The molecule has 0 saturated heterocycles. The van der Waals surface area contributed by atoms with E-state index in [9.17, 15) is 13.2 Å². The van der Waals surface area contributed by atoms with Gasteiger partial charge in [-0.3, -0.25) is 0 Å². The molecule has 3 nitrogen and oxygen atoms in total. The summed E-state index contributed by atoms with van der Waals surface area (Å²) in [6, 6.07) is 4.93. The van der Waals surface area contributed by atoms with Crippen molar-refractivity contribution in [2.24, 2.45) is 5.73 Å². The van der Waals surface area contributed by atoms with E-state index in [1.807, 2.05) is 12.1 Å². The second-order valence-electron chi connectivity index (χ2n) is 4.99. The normalized spacial score (nSPS) is 24.1. The van der Waals surface area contributed by atoms with E-state index >= 15 is 0 Å². The highest BCUT2D eigenvalue weighted by Crippen LogP contribution is 2.35. The van der Waals surface area contributed by atoms with Gasteiger partial charge in [0, 0.05) is 0 Å². The van der Waals surface area contributed by atoms with Gasteiger partial charge < -0.3 is 15.2 Å². The predicted octanol–water partition coefficient (Wildman–Crippen LogP) is 2.98. The second kappa shape index (κ2) is 5.61. The van der Waals surface area contributed by atoms with Gasteiger partial charge in [-0.2, -0.15) is 13.2 Å². The van der Waals surface area contributed by atoms with E-state index in [4.69, 9.17) is 15.2 Å². The van der Waals surface area contributed by atoms with Crippen molar-refractivity contribution < 1.29 is 22.6 Å². The third-order valence-corrected chi connectivity index (χ3v) is 3.65. The molecule has 0 radical (unpaired) electrons. The van der Waals surface area contributed by atoms with Crippen molar-refractivity contribution in [2.45, 2.75) is 44.2 Å². The predicted molar refractivity (Wildman–Crippen MR) is 68.6 cm³/mol. The number of halogens is 3. The molecule has 3 unspecified atom stereocenters. The van der Waals surface area contributed by atoms with Gasteiger partial charge in [-0.05, 0) is 43.0 Å². The molecule has 1 aliphatic carbocycles. The zero-order valence-electron chi connectivity index (χ0n) is 11.4. The average molecular weight is 289 g/mol. The highest BCUT2D eigenvalue weighted by atomic mass is 19.4. The van der Waals surface area contributed by atoms with E-state index < -0.39 is 24.4 Å². The molecule has 1 aromatic carbocycles. The van der Waals surface area contributed by atoms with Crippen LogP contribution < -0.4 is 10.5 Å². The summed E-state index contributed by atoms with van der Waals surface area (Å²) >= 11 is 0. The van der Waals surface area contributed by atoms with Crippen molar-refractivity contribution in [3.05, 3.63) is 29.3 Å². The Kier molecular flexibility index (Phi) is 4.25. The Hall–Kier alpha value is -1.27. The van der Waals surface area contributed by atoms with Crippen LogP contribution in [-0.2, 0) is 11.2 Å². The van der Waals surface area contributed by atoms with Gasteiger partial charge in [-0.1, -0.05) is 6.07 Å². The molecule has 20 heavy (non-hydrogen) atoms. The van der Waals surface area contributed by atoms with Crippen molar-refractivity contribution in [1.29, 1.82) is 0 Å². The Balaban J connectivity index is 2.16. The number of ether oxygens (including phenoxy) is 2.